The molecule has 0 radical (unpaired) electrons. The van der Waals surface area contributed by atoms with Crippen LogP contribution in [0.25, 0.3) is 25.1 Å². The van der Waals surface area contributed by atoms with Gasteiger partial charge in [0.25, 0.3) is 5.92 Å². The largest absolute Gasteiger partial charge is 0.743 e. The number of benzene rings is 9. The lowest BCUT2D eigenvalue weighted by atomic mass is 9.90. The van der Waals surface area contributed by atoms with Gasteiger partial charge in [-0.2, -0.15) is 30.7 Å². The summed E-state index contributed by atoms with van der Waals surface area (Å²) < 4.78 is 199. The molecule has 0 aliphatic carbocycles. The van der Waals surface area contributed by atoms with Crippen molar-refractivity contribution < 1.29 is 104 Å². The van der Waals surface area contributed by atoms with Crippen LogP contribution in [0, 0.1) is 28.1 Å². The predicted octanol–water partition coefficient (Wildman–Crippen LogP) is 24.8. The van der Waals surface area contributed by atoms with E-state index in [0.717, 1.165) is 13.8 Å². The summed E-state index contributed by atoms with van der Waals surface area (Å²) in [6.45, 7) is 15.9. The summed E-state index contributed by atoms with van der Waals surface area (Å²) in [6, 6.07) is 92.7. The van der Waals surface area contributed by atoms with E-state index in [2.05, 4.69) is 266 Å². The van der Waals surface area contributed by atoms with Crippen molar-refractivity contribution in [3.8, 4) is 4.90 Å². The molecule has 1 aromatic heterocycles. The van der Waals surface area contributed by atoms with E-state index in [1.54, 1.807) is 34.6 Å². The lowest BCUT2D eigenvalue weighted by molar-refractivity contribution is -0.253. The van der Waals surface area contributed by atoms with Crippen LogP contribution in [0.2, 0.25) is 0 Å². The third-order valence-corrected chi connectivity index (χ3v) is 26.6. The summed E-state index contributed by atoms with van der Waals surface area (Å²) in [5.74, 6) is -22.1. The molecule has 0 amide bonds. The number of alkyl halides is 11. The Morgan fingerprint density at radius 2 is 0.703 bits per heavy atom. The van der Waals surface area contributed by atoms with E-state index in [0.29, 0.717) is 12.8 Å². The smallest absolute Gasteiger partial charge is 0.401 e. The van der Waals surface area contributed by atoms with E-state index in [9.17, 15) is 80.4 Å². The number of fused-ring (bicyclic) bond motifs is 3. The van der Waals surface area contributed by atoms with Crippen LogP contribution in [0.4, 0.5) is 48.3 Å². The molecule has 3 atom stereocenters. The Morgan fingerprint density at radius 3 is 0.992 bits per heavy atom. The number of carbonyl (C=O) groups excluding carboxylic acids is 4. The third-order valence-electron chi connectivity index (χ3n) is 18.9. The van der Waals surface area contributed by atoms with Gasteiger partial charge in [0.15, 0.2) is 59.7 Å². The van der Waals surface area contributed by atoms with Crippen molar-refractivity contribution in [2.75, 3.05) is 26.4 Å². The number of esters is 4. The van der Waals surface area contributed by atoms with Crippen LogP contribution in [0.5, 0.6) is 0 Å². The highest BCUT2D eigenvalue weighted by Gasteiger charge is 2.61. The molecule has 27 heteroatoms. The summed E-state index contributed by atoms with van der Waals surface area (Å²) in [6.07, 6.45) is -5.94. The molecule has 1 heterocycles. The standard InChI is InChI=1S/C18H13S.2C18H15S.C16H26F4O5.C11H20F2O2.C10H15F5O5S/c1-2-8-14(9-3-1)19-17-12-6-4-10-15(17)16-11-5-7-13-18(16)19;2*1-4-10-16(11-5-1)19(17-12-6-2-7-13-17)18-14-8-3-9-15-18;1-7-13(3,4)11(21)25-14(5,12(22)23-8-2)24-10-9-16(19,20)15(6,17)18;1-6-10(3,4)9(14)15-7-8(2)11(5,12)13;1-4-8(2,3)7(16)20-5-6(9(11,12)13)10(14,15)21(17,18)19/h1-13H;2*1-15H;7-10H2,1-6H3;8H,6-7H2,1-5H3;6H,4-5H2,1-3H3,(H,17,18,19)/q3*+1;;;/p-1. The number of rotatable bonds is 28. The first-order chi connectivity index (χ1) is 55.2. The monoisotopic (exact) mass is 1720 g/mol. The molecule has 0 aliphatic rings. The van der Waals surface area contributed by atoms with Crippen LogP contribution in [0.1, 0.15) is 123 Å². The number of carbonyl (C=O) groups is 4. The molecule has 0 bridgehead atoms. The number of hydrogen-bond acceptors (Lipinski definition) is 12. The van der Waals surface area contributed by atoms with Crippen LogP contribution < -0.4 is 0 Å². The second-order valence-electron chi connectivity index (χ2n) is 29.2. The molecule has 118 heavy (non-hydrogen) atoms. The average molecular weight is 1730 g/mol. The van der Waals surface area contributed by atoms with Gasteiger partial charge in [0.05, 0.1) is 63.8 Å². The minimum Gasteiger partial charge on any atom is -0.743 e. The number of ether oxygens (including phenoxy) is 5. The SMILES string of the molecule is CCC(C)(C)C(=O)OCC(C(F)(F)F)C(F)(F)S(=O)(=O)[O-].CCC(C)(C)C(=O)OCC(C)C(C)(F)F.CCOC(=O)C(C)(OCCC(F)(F)C(C)(F)F)OC(=O)C(C)(C)CC.c1ccc(-[s+]2c3ccccc3c3ccccc32)cc1.c1ccc([S+](c2ccccc2)c2ccccc2)cc1.c1ccc([S+](c2ccccc2)c2ccccc2)cc1. The second-order valence-corrected chi connectivity index (χ2v) is 36.7. The number of hydrogen-bond donors (Lipinski definition) is 0. The van der Waals surface area contributed by atoms with Crippen molar-refractivity contribution in [2.45, 2.75) is 187 Å². The molecule has 0 fully saturated rings. The highest BCUT2D eigenvalue weighted by Crippen LogP contribution is 2.49. The molecule has 638 valence electrons. The lowest BCUT2D eigenvalue weighted by Gasteiger charge is -2.32. The average Bonchev–Trinajstić information content (AvgIpc) is 1.58. The molecule has 0 aliphatic heterocycles. The summed E-state index contributed by atoms with van der Waals surface area (Å²) in [7, 11) is -6.54. The zero-order valence-corrected chi connectivity index (χ0v) is 71.6. The van der Waals surface area contributed by atoms with E-state index >= 15 is 0 Å². The molecule has 0 spiro atoms. The van der Waals surface area contributed by atoms with Crippen LogP contribution in [-0.2, 0) is 74.8 Å². The molecule has 0 N–H and O–H groups in total. The molecule has 9 aromatic carbocycles. The zero-order chi connectivity index (χ0) is 88.1. The van der Waals surface area contributed by atoms with E-state index in [4.69, 9.17) is 18.9 Å². The molecular weight excluding hydrogens is 1620 g/mol. The number of thiophene rings is 1. The van der Waals surface area contributed by atoms with Gasteiger partial charge in [-0.05, 0) is 184 Å². The van der Waals surface area contributed by atoms with Crippen molar-refractivity contribution >= 4 is 86.4 Å². The summed E-state index contributed by atoms with van der Waals surface area (Å²) in [4.78, 5) is 56.6. The maximum absolute atomic E-state index is 13.3. The summed E-state index contributed by atoms with van der Waals surface area (Å²) >= 11 is 0. The topological polar surface area (TPSA) is 172 Å². The molecule has 0 saturated carbocycles. The maximum atomic E-state index is 13.3. The van der Waals surface area contributed by atoms with Gasteiger partial charge in [-0.15, -0.1) is 0 Å². The van der Waals surface area contributed by atoms with E-state index in [-0.39, 0.29) is 58.8 Å². The van der Waals surface area contributed by atoms with E-state index in [1.807, 2.05) is 6.92 Å². The van der Waals surface area contributed by atoms with Gasteiger partial charge in [0.2, 0.25) is 0 Å². The molecule has 0 saturated heterocycles. The van der Waals surface area contributed by atoms with E-state index in [1.165, 1.54) is 89.1 Å². The first kappa shape index (κ1) is 99.4. The Hall–Kier alpha value is -9.12. The van der Waals surface area contributed by atoms with Gasteiger partial charge in [-0.3, -0.25) is 14.4 Å². The highest BCUT2D eigenvalue weighted by atomic mass is 32.2. The molecule has 10 rings (SSSR count). The van der Waals surface area contributed by atoms with Gasteiger partial charge in [-0.1, -0.05) is 179 Å². The third kappa shape index (κ3) is 28.8. The van der Waals surface area contributed by atoms with Gasteiger partial charge < -0.3 is 28.2 Å². The maximum Gasteiger partial charge on any atom is 0.401 e. The van der Waals surface area contributed by atoms with Crippen LogP contribution in [-0.4, -0.2) is 98.3 Å². The van der Waals surface area contributed by atoms with Crippen molar-refractivity contribution in [3.63, 3.8) is 0 Å². The van der Waals surface area contributed by atoms with Crippen molar-refractivity contribution in [1.29, 1.82) is 0 Å². The van der Waals surface area contributed by atoms with Gasteiger partial charge in [0.1, 0.15) is 6.61 Å². The summed E-state index contributed by atoms with van der Waals surface area (Å²) in [5.41, 5.74) is -2.79. The van der Waals surface area contributed by atoms with Crippen molar-refractivity contribution in [1.82, 2.24) is 0 Å². The van der Waals surface area contributed by atoms with Crippen LogP contribution >= 0.6 is 10.5 Å². The summed E-state index contributed by atoms with van der Waals surface area (Å²) in [5, 5.41) is -2.85. The fourth-order valence-electron chi connectivity index (χ4n) is 10.0. The predicted molar refractivity (Wildman–Crippen MR) is 444 cm³/mol. The normalized spacial score (nSPS) is 13.2. The fraction of sp³-hybridized carbons (Fsp3) is 0.363. The first-order valence-corrected chi connectivity index (χ1v) is 42.9. The quantitative estimate of drug-likeness (QED) is 0.0114. The fourth-order valence-corrected chi connectivity index (χ4v) is 17.2. The Labute approximate surface area is 693 Å². The van der Waals surface area contributed by atoms with Gasteiger partial charge in [0, 0.05) is 41.5 Å². The molecular formula is C91H103F11O12S4+2. The Bertz CT molecular complexity index is 4470. The van der Waals surface area contributed by atoms with Gasteiger partial charge in [-0.25, -0.2) is 30.8 Å². The number of halogens is 11. The Balaban J connectivity index is 0.000000253. The van der Waals surface area contributed by atoms with Gasteiger partial charge >= 0.3 is 52.9 Å². The minimum atomic E-state index is -6.57. The minimum absolute atomic E-state index is 0.0146. The van der Waals surface area contributed by atoms with Crippen LogP contribution in [0.3, 0.4) is 0 Å². The Kier molecular flexibility index (Phi) is 37.3. The Morgan fingerprint density at radius 1 is 0.407 bits per heavy atom. The molecule has 12 nitrogen and oxygen atoms in total. The highest BCUT2D eigenvalue weighted by molar-refractivity contribution is 7.97. The van der Waals surface area contributed by atoms with Crippen LogP contribution in [0.15, 0.2) is 290 Å². The zero-order valence-electron chi connectivity index (χ0n) is 68.3. The molecule has 10 aromatic rings. The lowest BCUT2D eigenvalue weighted by Crippen LogP contribution is -2.48. The van der Waals surface area contributed by atoms with Crippen molar-refractivity contribution in [2.24, 2.45) is 28.1 Å². The second kappa shape index (κ2) is 44.3. The first-order valence-electron chi connectivity index (χ1n) is 37.8. The van der Waals surface area contributed by atoms with Crippen molar-refractivity contribution in [3.05, 3.63) is 261 Å². The van der Waals surface area contributed by atoms with E-state index < -0.39 is 117 Å². The molecule has 3 unspecified atom stereocenters.